The third kappa shape index (κ3) is 4.45. The van der Waals surface area contributed by atoms with E-state index in [2.05, 4.69) is 26.6 Å². The molecule has 0 radical (unpaired) electrons. The highest BCUT2D eigenvalue weighted by atomic mass is 16.2. The lowest BCUT2D eigenvalue weighted by Gasteiger charge is -2.18. The number of likely N-dealkylation sites (tertiary alicyclic amines) is 1. The molecule has 1 aliphatic carbocycles. The Bertz CT molecular complexity index is 606. The highest BCUT2D eigenvalue weighted by Gasteiger charge is 2.25. The van der Waals surface area contributed by atoms with Crippen LogP contribution in [0, 0.1) is 17.2 Å². The van der Waals surface area contributed by atoms with Crippen LogP contribution in [0.3, 0.4) is 0 Å². The lowest BCUT2D eigenvalue weighted by molar-refractivity contribution is -0.122. The van der Waals surface area contributed by atoms with Crippen LogP contribution in [0.5, 0.6) is 0 Å². The van der Waals surface area contributed by atoms with Gasteiger partial charge in [0, 0.05) is 25.3 Å². The fourth-order valence-electron chi connectivity index (χ4n) is 3.65. The molecule has 2 heterocycles. The van der Waals surface area contributed by atoms with E-state index in [0.29, 0.717) is 29.9 Å². The van der Waals surface area contributed by atoms with E-state index < -0.39 is 0 Å². The minimum Gasteiger partial charge on any atom is -0.369 e. The van der Waals surface area contributed by atoms with Crippen LogP contribution in [0.25, 0.3) is 0 Å². The number of rotatable bonds is 6. The van der Waals surface area contributed by atoms with Gasteiger partial charge in [-0.15, -0.1) is 0 Å². The van der Waals surface area contributed by atoms with Crippen LogP contribution in [0.1, 0.15) is 37.7 Å². The van der Waals surface area contributed by atoms with E-state index >= 15 is 0 Å². The number of aromatic nitrogens is 1. The molecule has 1 amide bonds. The molecule has 2 fully saturated rings. The van der Waals surface area contributed by atoms with E-state index in [1.807, 2.05) is 0 Å². The number of carbonyl (C=O) groups is 1. The van der Waals surface area contributed by atoms with Crippen LogP contribution in [0.4, 0.5) is 5.82 Å². The Balaban J connectivity index is 1.40. The van der Waals surface area contributed by atoms with Crippen LogP contribution in [-0.2, 0) is 4.79 Å². The van der Waals surface area contributed by atoms with Crippen LogP contribution >= 0.6 is 0 Å². The topological polar surface area (TPSA) is 81.1 Å². The Morgan fingerprint density at radius 3 is 3.00 bits per heavy atom. The summed E-state index contributed by atoms with van der Waals surface area (Å²) < 4.78 is 0. The minimum absolute atomic E-state index is 0.159. The molecular formula is C18H25N5O. The Morgan fingerprint density at radius 2 is 2.21 bits per heavy atom. The zero-order valence-corrected chi connectivity index (χ0v) is 14.0. The van der Waals surface area contributed by atoms with E-state index in [-0.39, 0.29) is 5.91 Å². The molecular weight excluding hydrogens is 302 g/mol. The largest absolute Gasteiger partial charge is 0.369 e. The van der Waals surface area contributed by atoms with Gasteiger partial charge in [0.2, 0.25) is 5.91 Å². The molecule has 1 aromatic heterocycles. The zero-order chi connectivity index (χ0) is 16.8. The molecule has 0 spiro atoms. The summed E-state index contributed by atoms with van der Waals surface area (Å²) in [4.78, 5) is 18.6. The predicted octanol–water partition coefficient (Wildman–Crippen LogP) is 1.75. The molecule has 1 unspecified atom stereocenters. The summed E-state index contributed by atoms with van der Waals surface area (Å²) in [6.45, 7) is 3.16. The second kappa shape index (κ2) is 8.11. The van der Waals surface area contributed by atoms with Crippen LogP contribution in [-0.4, -0.2) is 48.0 Å². The lowest BCUT2D eigenvalue weighted by atomic mass is 10.1. The van der Waals surface area contributed by atoms with Crippen molar-refractivity contribution < 1.29 is 4.79 Å². The van der Waals surface area contributed by atoms with Gasteiger partial charge in [0.1, 0.15) is 11.9 Å². The second-order valence-corrected chi connectivity index (χ2v) is 6.83. The van der Waals surface area contributed by atoms with Crippen LogP contribution in [0.15, 0.2) is 18.3 Å². The third-order valence-electron chi connectivity index (χ3n) is 4.94. The van der Waals surface area contributed by atoms with E-state index in [0.717, 1.165) is 38.9 Å². The molecule has 128 valence electrons. The van der Waals surface area contributed by atoms with Crippen molar-refractivity contribution >= 4 is 11.7 Å². The van der Waals surface area contributed by atoms with Crippen molar-refractivity contribution in [2.24, 2.45) is 5.92 Å². The zero-order valence-electron chi connectivity index (χ0n) is 14.0. The molecule has 1 aliphatic heterocycles. The van der Waals surface area contributed by atoms with Crippen LogP contribution < -0.4 is 10.6 Å². The maximum atomic E-state index is 12.1. The smallest absolute Gasteiger partial charge is 0.234 e. The first-order chi connectivity index (χ1) is 11.7. The second-order valence-electron chi connectivity index (χ2n) is 6.83. The number of nitriles is 1. The first-order valence-electron chi connectivity index (χ1n) is 8.85. The van der Waals surface area contributed by atoms with Crippen molar-refractivity contribution in [3.63, 3.8) is 0 Å². The molecule has 2 aliphatic rings. The summed E-state index contributed by atoms with van der Waals surface area (Å²) in [5.74, 6) is 1.29. The summed E-state index contributed by atoms with van der Waals surface area (Å²) >= 11 is 0. The number of carbonyl (C=O) groups excluding carboxylic acids is 1. The average molecular weight is 327 g/mol. The SMILES string of the molecule is N#Cc1cccnc1NCC1CCN(CC(=O)NC2CCCC2)C1. The Labute approximate surface area is 143 Å². The quantitative estimate of drug-likeness (QED) is 0.832. The first kappa shape index (κ1) is 16.7. The summed E-state index contributed by atoms with van der Waals surface area (Å²) in [5.41, 5.74) is 0.572. The fraction of sp³-hybridized carbons (Fsp3) is 0.611. The molecule has 1 aromatic rings. The molecule has 1 atom stereocenters. The highest BCUT2D eigenvalue weighted by molar-refractivity contribution is 5.78. The van der Waals surface area contributed by atoms with Gasteiger partial charge in [-0.1, -0.05) is 12.8 Å². The van der Waals surface area contributed by atoms with Gasteiger partial charge in [-0.25, -0.2) is 4.98 Å². The van der Waals surface area contributed by atoms with Gasteiger partial charge in [0.25, 0.3) is 0 Å². The van der Waals surface area contributed by atoms with Gasteiger partial charge in [0.05, 0.1) is 12.1 Å². The molecule has 6 heteroatoms. The fourth-order valence-corrected chi connectivity index (χ4v) is 3.65. The molecule has 3 rings (SSSR count). The van der Waals surface area contributed by atoms with Crippen LogP contribution in [0.2, 0.25) is 0 Å². The van der Waals surface area contributed by atoms with E-state index in [1.54, 1.807) is 18.3 Å². The number of hydrogen-bond donors (Lipinski definition) is 2. The normalized spacial score (nSPS) is 21.5. The maximum Gasteiger partial charge on any atom is 0.234 e. The predicted molar refractivity (Wildman–Crippen MR) is 92.4 cm³/mol. The Morgan fingerprint density at radius 1 is 1.38 bits per heavy atom. The van der Waals surface area contributed by atoms with Crippen molar-refractivity contribution in [2.75, 3.05) is 31.5 Å². The monoisotopic (exact) mass is 327 g/mol. The van der Waals surface area contributed by atoms with Gasteiger partial charge >= 0.3 is 0 Å². The highest BCUT2D eigenvalue weighted by Crippen LogP contribution is 2.19. The van der Waals surface area contributed by atoms with Gasteiger partial charge in [-0.3, -0.25) is 9.69 Å². The Kier molecular flexibility index (Phi) is 5.65. The summed E-state index contributed by atoms with van der Waals surface area (Å²) in [7, 11) is 0. The van der Waals surface area contributed by atoms with Crippen molar-refractivity contribution in [2.45, 2.75) is 38.1 Å². The van der Waals surface area contributed by atoms with Crippen molar-refractivity contribution in [3.8, 4) is 6.07 Å². The standard InChI is InChI=1S/C18H25N5O/c19-10-15-4-3-8-20-18(15)21-11-14-7-9-23(12-14)13-17(24)22-16-5-1-2-6-16/h3-4,8,14,16H,1-2,5-7,9,11-13H2,(H,20,21)(H,22,24). The van der Waals surface area contributed by atoms with Crippen molar-refractivity contribution in [1.29, 1.82) is 5.26 Å². The number of anilines is 1. The molecule has 0 aromatic carbocycles. The van der Waals surface area contributed by atoms with Crippen molar-refractivity contribution in [3.05, 3.63) is 23.9 Å². The molecule has 6 nitrogen and oxygen atoms in total. The Hall–Kier alpha value is -2.13. The number of nitrogens with one attached hydrogen (secondary N) is 2. The first-order valence-corrected chi connectivity index (χ1v) is 8.85. The molecule has 1 saturated heterocycles. The van der Waals surface area contributed by atoms with Gasteiger partial charge in [0.15, 0.2) is 0 Å². The average Bonchev–Trinajstić information content (AvgIpc) is 3.25. The van der Waals surface area contributed by atoms with Crippen molar-refractivity contribution in [1.82, 2.24) is 15.2 Å². The minimum atomic E-state index is 0.159. The third-order valence-corrected chi connectivity index (χ3v) is 4.94. The number of amides is 1. The summed E-state index contributed by atoms with van der Waals surface area (Å²) in [5, 5.41) is 15.5. The van der Waals surface area contributed by atoms with Gasteiger partial charge in [-0.05, 0) is 43.9 Å². The van der Waals surface area contributed by atoms with Gasteiger partial charge < -0.3 is 10.6 Å². The van der Waals surface area contributed by atoms with E-state index in [9.17, 15) is 4.79 Å². The number of hydrogen-bond acceptors (Lipinski definition) is 5. The molecule has 2 N–H and O–H groups in total. The summed E-state index contributed by atoms with van der Waals surface area (Å²) in [6.07, 6.45) is 7.49. The van der Waals surface area contributed by atoms with Gasteiger partial charge in [-0.2, -0.15) is 5.26 Å². The number of nitrogens with zero attached hydrogens (tertiary/aromatic N) is 3. The van der Waals surface area contributed by atoms with E-state index in [1.165, 1.54) is 12.8 Å². The lowest BCUT2D eigenvalue weighted by Crippen LogP contribution is -2.40. The molecule has 1 saturated carbocycles. The summed E-state index contributed by atoms with van der Waals surface area (Å²) in [6, 6.07) is 6.08. The van der Waals surface area contributed by atoms with E-state index in [4.69, 9.17) is 5.26 Å². The number of pyridine rings is 1. The maximum absolute atomic E-state index is 12.1. The molecule has 0 bridgehead atoms. The molecule has 24 heavy (non-hydrogen) atoms.